The van der Waals surface area contributed by atoms with Gasteiger partial charge in [0.25, 0.3) is 0 Å². The number of carbonyl (C=O) groups is 1. The lowest BCUT2D eigenvalue weighted by Crippen LogP contribution is -2.38. The Balaban J connectivity index is 1.62. The maximum Gasteiger partial charge on any atom is 0.417 e. The van der Waals surface area contributed by atoms with Crippen molar-refractivity contribution < 1.29 is 18.0 Å². The topological polar surface area (TPSA) is 46.9 Å². The van der Waals surface area contributed by atoms with Crippen LogP contribution in [-0.4, -0.2) is 21.7 Å². The monoisotopic (exact) mass is 413 g/mol. The summed E-state index contributed by atoms with van der Waals surface area (Å²) < 4.78 is 42.1. The summed E-state index contributed by atoms with van der Waals surface area (Å²) >= 11 is 0. The predicted octanol–water partition coefficient (Wildman–Crippen LogP) is 5.51. The second kappa shape index (κ2) is 7.97. The number of nitrogens with one attached hydrogen (secondary N) is 1. The number of hydrogen-bond donors (Lipinski definition) is 1. The standard InChI is InChI=1S/C23H22F3N3O/c1-2-22(30)27-17-6-5-7-18(13-17)29-14-16-11-10-15(12-21(16)28-29)19-8-3-4-9-20(19)23(24,25)26/h2-4,8-12,14,17-18H,1,5-7,13H2,(H,27,30)/t17-,18-/m0/s1. The Morgan fingerprint density at radius 3 is 2.77 bits per heavy atom. The number of hydrogen-bond acceptors (Lipinski definition) is 2. The molecule has 0 aliphatic heterocycles. The Kier molecular flexibility index (Phi) is 5.37. The smallest absolute Gasteiger partial charge is 0.350 e. The maximum atomic E-state index is 13.4. The molecule has 0 spiro atoms. The van der Waals surface area contributed by atoms with Crippen molar-refractivity contribution in [3.63, 3.8) is 0 Å². The Morgan fingerprint density at radius 2 is 2.00 bits per heavy atom. The van der Waals surface area contributed by atoms with Crippen molar-refractivity contribution in [3.8, 4) is 11.1 Å². The molecule has 1 heterocycles. The molecule has 0 bridgehead atoms. The number of rotatable bonds is 4. The maximum absolute atomic E-state index is 13.4. The van der Waals surface area contributed by atoms with Crippen molar-refractivity contribution in [2.75, 3.05) is 0 Å². The minimum absolute atomic E-state index is 0.0655. The fourth-order valence-electron chi connectivity index (χ4n) is 4.17. The number of alkyl halides is 3. The minimum Gasteiger partial charge on any atom is -0.350 e. The van der Waals surface area contributed by atoms with Crippen LogP contribution in [0.15, 0.2) is 61.3 Å². The van der Waals surface area contributed by atoms with Gasteiger partial charge in [0.15, 0.2) is 0 Å². The van der Waals surface area contributed by atoms with Crippen LogP contribution in [0.4, 0.5) is 13.2 Å². The van der Waals surface area contributed by atoms with Gasteiger partial charge in [-0.05, 0) is 55.0 Å². The third kappa shape index (κ3) is 4.10. The van der Waals surface area contributed by atoms with Gasteiger partial charge in [0, 0.05) is 17.6 Å². The Morgan fingerprint density at radius 1 is 1.20 bits per heavy atom. The summed E-state index contributed by atoms with van der Waals surface area (Å²) in [6, 6.07) is 11.0. The highest BCUT2D eigenvalue weighted by Crippen LogP contribution is 2.38. The van der Waals surface area contributed by atoms with E-state index in [0.717, 1.165) is 37.1 Å². The molecule has 1 aliphatic rings. The summed E-state index contributed by atoms with van der Waals surface area (Å²) in [6.07, 6.45) is 2.36. The normalized spacial score (nSPS) is 19.6. The van der Waals surface area contributed by atoms with Crippen LogP contribution in [0.2, 0.25) is 0 Å². The molecular formula is C23H22F3N3O. The molecule has 1 fully saturated rings. The molecule has 1 saturated carbocycles. The van der Waals surface area contributed by atoms with Crippen molar-refractivity contribution in [1.29, 1.82) is 0 Å². The van der Waals surface area contributed by atoms with Crippen LogP contribution in [0, 0.1) is 0 Å². The first-order chi connectivity index (χ1) is 14.3. The first-order valence-electron chi connectivity index (χ1n) is 9.93. The fourth-order valence-corrected chi connectivity index (χ4v) is 4.17. The number of halogens is 3. The number of aromatic nitrogens is 2. The largest absolute Gasteiger partial charge is 0.417 e. The Bertz CT molecular complexity index is 1090. The van der Waals surface area contributed by atoms with Gasteiger partial charge >= 0.3 is 6.18 Å². The predicted molar refractivity (Wildman–Crippen MR) is 110 cm³/mol. The van der Waals surface area contributed by atoms with E-state index in [9.17, 15) is 18.0 Å². The molecule has 156 valence electrons. The van der Waals surface area contributed by atoms with Crippen LogP contribution in [0.1, 0.15) is 37.3 Å². The molecule has 0 saturated heterocycles. The molecule has 4 rings (SSSR count). The second-order valence-corrected chi connectivity index (χ2v) is 7.66. The van der Waals surface area contributed by atoms with Crippen LogP contribution in [0.25, 0.3) is 22.0 Å². The van der Waals surface area contributed by atoms with Gasteiger partial charge < -0.3 is 5.32 Å². The average molecular weight is 413 g/mol. The number of carbonyl (C=O) groups excluding carboxylic acids is 1. The third-order valence-electron chi connectivity index (χ3n) is 5.62. The average Bonchev–Trinajstić information content (AvgIpc) is 3.16. The van der Waals surface area contributed by atoms with E-state index in [2.05, 4.69) is 17.0 Å². The van der Waals surface area contributed by atoms with Crippen LogP contribution in [-0.2, 0) is 11.0 Å². The van der Waals surface area contributed by atoms with E-state index in [4.69, 9.17) is 0 Å². The first-order valence-corrected chi connectivity index (χ1v) is 9.93. The number of fused-ring (bicyclic) bond motifs is 1. The summed E-state index contributed by atoms with van der Waals surface area (Å²) in [5.41, 5.74) is 0.630. The van der Waals surface area contributed by atoms with Gasteiger partial charge in [-0.1, -0.05) is 36.9 Å². The Hall–Kier alpha value is -3.09. The van der Waals surface area contributed by atoms with E-state index in [-0.39, 0.29) is 23.6 Å². The van der Waals surface area contributed by atoms with Crippen LogP contribution in [0.5, 0.6) is 0 Å². The van der Waals surface area contributed by atoms with Crippen molar-refractivity contribution >= 4 is 16.8 Å². The third-order valence-corrected chi connectivity index (χ3v) is 5.62. The van der Waals surface area contributed by atoms with E-state index >= 15 is 0 Å². The molecule has 1 aliphatic carbocycles. The number of nitrogens with zero attached hydrogens (tertiary/aromatic N) is 2. The number of benzene rings is 2. The molecule has 7 heteroatoms. The molecule has 1 aromatic heterocycles. The SMILES string of the molecule is C=CC(=O)N[C@H]1CCC[C@H](n2cc3ccc(-c4ccccc4C(F)(F)F)cc3n2)C1. The van der Waals surface area contributed by atoms with Crippen molar-refractivity contribution in [3.05, 3.63) is 66.9 Å². The van der Waals surface area contributed by atoms with E-state index < -0.39 is 11.7 Å². The van der Waals surface area contributed by atoms with Crippen molar-refractivity contribution in [2.45, 2.75) is 43.9 Å². The van der Waals surface area contributed by atoms with Gasteiger partial charge in [-0.25, -0.2) is 0 Å². The summed E-state index contributed by atoms with van der Waals surface area (Å²) in [5, 5.41) is 8.47. The van der Waals surface area contributed by atoms with E-state index in [1.54, 1.807) is 24.3 Å². The lowest BCUT2D eigenvalue weighted by molar-refractivity contribution is -0.137. The molecule has 0 unspecified atom stereocenters. The Labute approximate surface area is 172 Å². The number of amides is 1. The molecule has 3 aromatic rings. The summed E-state index contributed by atoms with van der Waals surface area (Å²) in [5.74, 6) is -0.181. The highest BCUT2D eigenvalue weighted by molar-refractivity contribution is 5.87. The summed E-state index contributed by atoms with van der Waals surface area (Å²) in [7, 11) is 0. The zero-order chi connectivity index (χ0) is 21.3. The lowest BCUT2D eigenvalue weighted by Gasteiger charge is -2.29. The zero-order valence-corrected chi connectivity index (χ0v) is 16.3. The molecule has 1 N–H and O–H groups in total. The molecule has 0 radical (unpaired) electrons. The van der Waals surface area contributed by atoms with Crippen molar-refractivity contribution in [2.24, 2.45) is 0 Å². The summed E-state index contributed by atoms with van der Waals surface area (Å²) in [6.45, 7) is 3.49. The molecule has 30 heavy (non-hydrogen) atoms. The van der Waals surface area contributed by atoms with E-state index in [0.29, 0.717) is 11.1 Å². The van der Waals surface area contributed by atoms with Crippen LogP contribution < -0.4 is 5.32 Å². The first kappa shape index (κ1) is 20.2. The van der Waals surface area contributed by atoms with Crippen LogP contribution in [0.3, 0.4) is 0 Å². The molecular weight excluding hydrogens is 391 g/mol. The van der Waals surface area contributed by atoms with Crippen molar-refractivity contribution in [1.82, 2.24) is 15.1 Å². The zero-order valence-electron chi connectivity index (χ0n) is 16.3. The highest BCUT2D eigenvalue weighted by Gasteiger charge is 2.33. The molecule has 4 nitrogen and oxygen atoms in total. The second-order valence-electron chi connectivity index (χ2n) is 7.66. The minimum atomic E-state index is -4.42. The molecule has 2 aromatic carbocycles. The molecule has 1 amide bonds. The van der Waals surface area contributed by atoms with Gasteiger partial charge in [-0.2, -0.15) is 18.3 Å². The molecule has 2 atom stereocenters. The van der Waals surface area contributed by atoms with E-state index in [1.165, 1.54) is 18.2 Å². The van der Waals surface area contributed by atoms with Crippen LogP contribution >= 0.6 is 0 Å². The lowest BCUT2D eigenvalue weighted by atomic mass is 9.91. The van der Waals surface area contributed by atoms with Gasteiger partial charge in [0.1, 0.15) is 0 Å². The summed E-state index contributed by atoms with van der Waals surface area (Å²) in [4.78, 5) is 11.6. The highest BCUT2D eigenvalue weighted by atomic mass is 19.4. The van der Waals surface area contributed by atoms with Gasteiger partial charge in [-0.3, -0.25) is 9.48 Å². The quantitative estimate of drug-likeness (QED) is 0.574. The van der Waals surface area contributed by atoms with Gasteiger partial charge in [0.05, 0.1) is 17.1 Å². The van der Waals surface area contributed by atoms with Gasteiger partial charge in [-0.15, -0.1) is 0 Å². The van der Waals surface area contributed by atoms with E-state index in [1.807, 2.05) is 10.9 Å². The van der Waals surface area contributed by atoms with Gasteiger partial charge in [0.2, 0.25) is 5.91 Å². The fraction of sp³-hybridized carbons (Fsp3) is 0.304.